The number of hydrogen-bond acceptors (Lipinski definition) is 3. The Morgan fingerprint density at radius 1 is 1.00 bits per heavy atom. The molecule has 150 valence electrons. The largest absolute Gasteiger partial charge is 0.457 e. The van der Waals surface area contributed by atoms with E-state index in [2.05, 4.69) is 5.32 Å². The van der Waals surface area contributed by atoms with E-state index in [1.54, 1.807) is 4.90 Å². The van der Waals surface area contributed by atoms with Crippen LogP contribution in [0.15, 0.2) is 66.7 Å². The van der Waals surface area contributed by atoms with E-state index in [0.29, 0.717) is 30.9 Å². The molecule has 0 radical (unpaired) electrons. The van der Waals surface area contributed by atoms with E-state index in [0.717, 1.165) is 28.1 Å². The number of carbonyl (C=O) groups is 2. The highest BCUT2D eigenvalue weighted by molar-refractivity contribution is 6.01. The zero-order valence-corrected chi connectivity index (χ0v) is 16.7. The second kappa shape index (κ2) is 7.34. The van der Waals surface area contributed by atoms with Crippen molar-refractivity contribution < 1.29 is 14.3 Å². The van der Waals surface area contributed by atoms with Crippen LogP contribution in [0.25, 0.3) is 0 Å². The first-order valence-electron chi connectivity index (χ1n) is 10.3. The quantitative estimate of drug-likeness (QED) is 0.685. The van der Waals surface area contributed by atoms with Gasteiger partial charge in [-0.15, -0.1) is 0 Å². The summed E-state index contributed by atoms with van der Waals surface area (Å²) >= 11 is 0. The van der Waals surface area contributed by atoms with Gasteiger partial charge in [-0.25, -0.2) is 0 Å². The van der Waals surface area contributed by atoms with Crippen molar-refractivity contribution in [3.63, 3.8) is 0 Å². The van der Waals surface area contributed by atoms with Crippen LogP contribution in [0, 0.1) is 0 Å². The second-order valence-corrected chi connectivity index (χ2v) is 7.58. The van der Waals surface area contributed by atoms with Crippen LogP contribution in [-0.4, -0.2) is 18.4 Å². The van der Waals surface area contributed by atoms with E-state index >= 15 is 0 Å². The van der Waals surface area contributed by atoms with E-state index in [1.807, 2.05) is 73.7 Å². The highest BCUT2D eigenvalue weighted by Gasteiger charge is 2.32. The van der Waals surface area contributed by atoms with E-state index < -0.39 is 5.92 Å². The monoisotopic (exact) mass is 398 g/mol. The SMILES string of the molecule is CCN1C(=O)CCc2cc(NC(=O)C3c4ccccc4Oc4ccccc43)ccc21. The molecule has 0 spiro atoms. The lowest BCUT2D eigenvalue weighted by Gasteiger charge is -2.29. The lowest BCUT2D eigenvalue weighted by molar-refractivity contribution is -0.119. The summed E-state index contributed by atoms with van der Waals surface area (Å²) in [5, 5.41) is 3.09. The topological polar surface area (TPSA) is 58.6 Å². The van der Waals surface area contributed by atoms with Crippen LogP contribution < -0.4 is 15.0 Å². The zero-order valence-electron chi connectivity index (χ0n) is 16.7. The Kier molecular flexibility index (Phi) is 4.51. The van der Waals surface area contributed by atoms with Gasteiger partial charge in [0.1, 0.15) is 11.5 Å². The van der Waals surface area contributed by atoms with Crippen molar-refractivity contribution in [3.05, 3.63) is 83.4 Å². The number of benzene rings is 3. The third-order valence-electron chi connectivity index (χ3n) is 5.81. The first-order valence-corrected chi connectivity index (χ1v) is 10.3. The summed E-state index contributed by atoms with van der Waals surface area (Å²) in [5.74, 6) is 1.02. The smallest absolute Gasteiger partial charge is 0.236 e. The minimum absolute atomic E-state index is 0.0996. The number of nitrogens with one attached hydrogen (secondary N) is 1. The molecule has 2 amide bonds. The number of nitrogens with zero attached hydrogens (tertiary/aromatic N) is 1. The van der Waals surface area contributed by atoms with Crippen LogP contribution in [0.5, 0.6) is 11.5 Å². The van der Waals surface area contributed by atoms with Gasteiger partial charge in [-0.2, -0.15) is 0 Å². The molecule has 3 aromatic carbocycles. The van der Waals surface area contributed by atoms with E-state index in [-0.39, 0.29) is 11.8 Å². The van der Waals surface area contributed by atoms with E-state index in [1.165, 1.54) is 0 Å². The van der Waals surface area contributed by atoms with Crippen LogP contribution in [0.4, 0.5) is 11.4 Å². The summed E-state index contributed by atoms with van der Waals surface area (Å²) in [6, 6.07) is 21.1. The predicted molar refractivity (Wildman–Crippen MR) is 116 cm³/mol. The number of hydrogen-bond donors (Lipinski definition) is 1. The van der Waals surface area contributed by atoms with Crippen molar-refractivity contribution in [1.82, 2.24) is 0 Å². The minimum Gasteiger partial charge on any atom is -0.457 e. The maximum atomic E-state index is 13.4. The minimum atomic E-state index is -0.448. The molecule has 2 aliphatic heterocycles. The molecule has 0 aromatic heterocycles. The van der Waals surface area contributed by atoms with Crippen molar-refractivity contribution in [2.75, 3.05) is 16.8 Å². The summed E-state index contributed by atoms with van der Waals surface area (Å²) in [7, 11) is 0. The highest BCUT2D eigenvalue weighted by Crippen LogP contribution is 2.44. The van der Waals surface area contributed by atoms with Crippen LogP contribution in [0.3, 0.4) is 0 Å². The van der Waals surface area contributed by atoms with Gasteiger partial charge in [-0.1, -0.05) is 36.4 Å². The number of para-hydroxylation sites is 2. The normalized spacial score (nSPS) is 15.0. The van der Waals surface area contributed by atoms with Crippen LogP contribution in [0.2, 0.25) is 0 Å². The number of ether oxygens (including phenoxy) is 1. The molecule has 0 atom stereocenters. The molecular formula is C25H22N2O3. The molecule has 5 nitrogen and oxygen atoms in total. The molecule has 2 aliphatic rings. The van der Waals surface area contributed by atoms with Gasteiger partial charge in [0.2, 0.25) is 11.8 Å². The molecular weight excluding hydrogens is 376 g/mol. The summed E-state index contributed by atoms with van der Waals surface area (Å²) in [6.45, 7) is 2.62. The number of carbonyl (C=O) groups excluding carboxylic acids is 2. The Labute approximate surface area is 175 Å². The van der Waals surface area contributed by atoms with Crippen LogP contribution >= 0.6 is 0 Å². The highest BCUT2D eigenvalue weighted by atomic mass is 16.5. The second-order valence-electron chi connectivity index (χ2n) is 7.58. The molecule has 0 fully saturated rings. The van der Waals surface area contributed by atoms with E-state index in [9.17, 15) is 9.59 Å². The maximum Gasteiger partial charge on any atom is 0.236 e. The molecule has 5 rings (SSSR count). The van der Waals surface area contributed by atoms with Gasteiger partial charge in [-0.3, -0.25) is 9.59 Å². The molecule has 5 heteroatoms. The molecule has 2 heterocycles. The van der Waals surface area contributed by atoms with Crippen molar-refractivity contribution in [3.8, 4) is 11.5 Å². The molecule has 0 unspecified atom stereocenters. The Bertz CT molecular complexity index is 1110. The van der Waals surface area contributed by atoms with Crippen molar-refractivity contribution in [1.29, 1.82) is 0 Å². The van der Waals surface area contributed by atoms with Crippen molar-refractivity contribution >= 4 is 23.2 Å². The third kappa shape index (κ3) is 3.03. The molecule has 3 aromatic rings. The summed E-state index contributed by atoms with van der Waals surface area (Å²) in [4.78, 5) is 27.3. The molecule has 0 aliphatic carbocycles. The Morgan fingerprint density at radius 3 is 2.33 bits per heavy atom. The number of aryl methyl sites for hydroxylation is 1. The van der Waals surface area contributed by atoms with Gasteiger partial charge < -0.3 is 15.0 Å². The average Bonchev–Trinajstić information content (AvgIpc) is 2.77. The van der Waals surface area contributed by atoms with Gasteiger partial charge in [0.15, 0.2) is 0 Å². The summed E-state index contributed by atoms with van der Waals surface area (Å²) in [6.07, 6.45) is 1.19. The summed E-state index contributed by atoms with van der Waals surface area (Å²) < 4.78 is 6.00. The molecule has 30 heavy (non-hydrogen) atoms. The first-order chi connectivity index (χ1) is 14.7. The predicted octanol–water partition coefficient (Wildman–Crippen LogP) is 4.86. The zero-order chi connectivity index (χ0) is 20.7. The van der Waals surface area contributed by atoms with Crippen LogP contribution in [0.1, 0.15) is 36.0 Å². The molecule has 0 saturated carbocycles. The fourth-order valence-corrected chi connectivity index (χ4v) is 4.39. The number of rotatable bonds is 3. The number of fused-ring (bicyclic) bond motifs is 3. The molecule has 1 N–H and O–H groups in total. The van der Waals surface area contributed by atoms with Crippen LogP contribution in [-0.2, 0) is 16.0 Å². The fraction of sp³-hybridized carbons (Fsp3) is 0.200. The van der Waals surface area contributed by atoms with Gasteiger partial charge in [-0.05, 0) is 49.2 Å². The Morgan fingerprint density at radius 2 is 1.67 bits per heavy atom. The van der Waals surface area contributed by atoms with Crippen molar-refractivity contribution in [2.45, 2.75) is 25.7 Å². The van der Waals surface area contributed by atoms with E-state index in [4.69, 9.17) is 4.74 Å². The Hall–Kier alpha value is -3.60. The molecule has 0 saturated heterocycles. The van der Waals surface area contributed by atoms with Gasteiger partial charge in [0, 0.05) is 35.5 Å². The summed E-state index contributed by atoms with van der Waals surface area (Å²) in [5.41, 5.74) is 4.48. The standard InChI is InChI=1S/C25H22N2O3/c1-2-27-20-13-12-17(15-16(20)11-14-23(27)28)26-25(29)24-18-7-3-5-9-21(18)30-22-10-6-4-8-19(22)24/h3-10,12-13,15,24H,2,11,14H2,1H3,(H,26,29). The average molecular weight is 398 g/mol. The number of anilines is 2. The van der Waals surface area contributed by atoms with Gasteiger partial charge >= 0.3 is 0 Å². The Balaban J connectivity index is 1.48. The maximum absolute atomic E-state index is 13.4. The lowest BCUT2D eigenvalue weighted by Crippen LogP contribution is -2.34. The fourth-order valence-electron chi connectivity index (χ4n) is 4.39. The van der Waals surface area contributed by atoms with Gasteiger partial charge in [0.25, 0.3) is 0 Å². The number of amides is 2. The lowest BCUT2D eigenvalue weighted by atomic mass is 9.87. The first kappa shape index (κ1) is 18.4. The van der Waals surface area contributed by atoms with Crippen molar-refractivity contribution in [2.24, 2.45) is 0 Å². The molecule has 0 bridgehead atoms. The third-order valence-corrected chi connectivity index (χ3v) is 5.81. The van der Waals surface area contributed by atoms with Gasteiger partial charge in [0.05, 0.1) is 5.92 Å².